The van der Waals surface area contributed by atoms with Crippen LogP contribution in [0.1, 0.15) is 35.9 Å². The van der Waals surface area contributed by atoms with E-state index < -0.39 is 6.10 Å². The lowest BCUT2D eigenvalue weighted by atomic mass is 10.1. The molecular weight excluding hydrogens is 302 g/mol. The van der Waals surface area contributed by atoms with Crippen LogP contribution in [0.5, 0.6) is 0 Å². The minimum absolute atomic E-state index is 0.397. The van der Waals surface area contributed by atoms with Crippen LogP contribution in [0.4, 0.5) is 0 Å². The van der Waals surface area contributed by atoms with Crippen LogP contribution in [-0.2, 0) is 6.54 Å². The quantitative estimate of drug-likeness (QED) is 0.913. The number of rotatable bonds is 5. The molecule has 2 unspecified atom stereocenters. The highest BCUT2D eigenvalue weighted by molar-refractivity contribution is 5.17. The Morgan fingerprint density at radius 2 is 2.00 bits per heavy atom. The second kappa shape index (κ2) is 7.47. The van der Waals surface area contributed by atoms with Crippen molar-refractivity contribution in [1.29, 1.82) is 0 Å². The van der Waals surface area contributed by atoms with E-state index >= 15 is 0 Å². The van der Waals surface area contributed by atoms with E-state index in [1.807, 2.05) is 44.2 Å². The average Bonchev–Trinajstić information content (AvgIpc) is 2.88. The van der Waals surface area contributed by atoms with Gasteiger partial charge in [0.2, 0.25) is 5.89 Å². The largest absolute Gasteiger partial charge is 0.444 e. The van der Waals surface area contributed by atoms with E-state index in [4.69, 9.17) is 4.42 Å². The molecule has 0 amide bonds. The lowest BCUT2D eigenvalue weighted by molar-refractivity contribution is 0.0334. The summed E-state index contributed by atoms with van der Waals surface area (Å²) < 4.78 is 5.70. The molecule has 0 aliphatic carbocycles. The summed E-state index contributed by atoms with van der Waals surface area (Å²) in [6.45, 7) is 10.5. The SMILES string of the molecule is Cc1nc(CN2CCN(CC(O)c3ccccc3)C(C)C2)oc1C. The zero-order chi connectivity index (χ0) is 17.1. The number of aliphatic hydroxyl groups is 1. The minimum atomic E-state index is -0.433. The number of β-amino-alcohol motifs (C(OH)–C–C–N with tert-alkyl or cyclic N) is 1. The average molecular weight is 329 g/mol. The summed E-state index contributed by atoms with van der Waals surface area (Å²) >= 11 is 0. The molecule has 0 radical (unpaired) electrons. The normalized spacial score (nSPS) is 21.1. The van der Waals surface area contributed by atoms with Crippen molar-refractivity contribution in [2.45, 2.75) is 39.5 Å². The number of aromatic nitrogens is 1. The molecule has 3 rings (SSSR count). The molecular formula is C19H27N3O2. The molecule has 2 heterocycles. The number of benzene rings is 1. The minimum Gasteiger partial charge on any atom is -0.444 e. The fourth-order valence-electron chi connectivity index (χ4n) is 3.29. The van der Waals surface area contributed by atoms with Gasteiger partial charge < -0.3 is 9.52 Å². The molecule has 1 saturated heterocycles. The molecule has 2 atom stereocenters. The van der Waals surface area contributed by atoms with Crippen LogP contribution in [0.15, 0.2) is 34.7 Å². The zero-order valence-electron chi connectivity index (χ0n) is 14.8. The molecule has 0 saturated carbocycles. The fourth-order valence-corrected chi connectivity index (χ4v) is 3.29. The second-order valence-electron chi connectivity index (χ2n) is 6.75. The first-order chi connectivity index (χ1) is 11.5. The van der Waals surface area contributed by atoms with Crippen LogP contribution in [0.25, 0.3) is 0 Å². The van der Waals surface area contributed by atoms with Gasteiger partial charge in [-0.05, 0) is 26.3 Å². The Kier molecular flexibility index (Phi) is 5.33. The van der Waals surface area contributed by atoms with E-state index in [1.54, 1.807) is 0 Å². The van der Waals surface area contributed by atoms with Crippen LogP contribution in [0, 0.1) is 13.8 Å². The van der Waals surface area contributed by atoms with Crippen LogP contribution in [0.3, 0.4) is 0 Å². The Balaban J connectivity index is 1.53. The number of oxazole rings is 1. The van der Waals surface area contributed by atoms with Gasteiger partial charge in [-0.25, -0.2) is 4.98 Å². The van der Waals surface area contributed by atoms with Gasteiger partial charge in [-0.3, -0.25) is 9.80 Å². The van der Waals surface area contributed by atoms with Crippen LogP contribution in [0.2, 0.25) is 0 Å². The van der Waals surface area contributed by atoms with Crippen molar-refractivity contribution >= 4 is 0 Å². The molecule has 1 fully saturated rings. The fraction of sp³-hybridized carbons (Fsp3) is 0.526. The molecule has 1 aliphatic rings. The zero-order valence-corrected chi connectivity index (χ0v) is 14.8. The van der Waals surface area contributed by atoms with E-state index in [2.05, 4.69) is 21.7 Å². The summed E-state index contributed by atoms with van der Waals surface area (Å²) in [5, 5.41) is 10.4. The van der Waals surface area contributed by atoms with E-state index in [0.717, 1.165) is 49.1 Å². The molecule has 24 heavy (non-hydrogen) atoms. The van der Waals surface area contributed by atoms with Crippen molar-refractivity contribution in [3.63, 3.8) is 0 Å². The molecule has 1 aromatic carbocycles. The molecule has 1 aromatic heterocycles. The molecule has 1 aliphatic heterocycles. The maximum absolute atomic E-state index is 10.4. The van der Waals surface area contributed by atoms with E-state index in [9.17, 15) is 5.11 Å². The summed E-state index contributed by atoms with van der Waals surface area (Å²) in [5.41, 5.74) is 1.96. The van der Waals surface area contributed by atoms with Crippen molar-refractivity contribution in [3.05, 3.63) is 53.2 Å². The monoisotopic (exact) mass is 329 g/mol. The summed E-state index contributed by atoms with van der Waals surface area (Å²) in [4.78, 5) is 9.21. The first kappa shape index (κ1) is 17.1. The molecule has 130 valence electrons. The van der Waals surface area contributed by atoms with Crippen LogP contribution < -0.4 is 0 Å². The summed E-state index contributed by atoms with van der Waals surface area (Å²) in [7, 11) is 0. The van der Waals surface area contributed by atoms with Gasteiger partial charge in [-0.2, -0.15) is 0 Å². The topological polar surface area (TPSA) is 52.7 Å². The van der Waals surface area contributed by atoms with E-state index in [0.29, 0.717) is 12.6 Å². The number of aliphatic hydroxyl groups excluding tert-OH is 1. The Morgan fingerprint density at radius 1 is 1.25 bits per heavy atom. The highest BCUT2D eigenvalue weighted by atomic mass is 16.4. The number of hydrogen-bond acceptors (Lipinski definition) is 5. The first-order valence-electron chi connectivity index (χ1n) is 8.65. The maximum Gasteiger partial charge on any atom is 0.208 e. The molecule has 0 bridgehead atoms. The van der Waals surface area contributed by atoms with Gasteiger partial charge in [0.15, 0.2) is 0 Å². The third-order valence-electron chi connectivity index (χ3n) is 4.87. The number of piperazine rings is 1. The van der Waals surface area contributed by atoms with Crippen molar-refractivity contribution < 1.29 is 9.52 Å². The standard InChI is InChI=1S/C19H27N3O2/c1-14-11-21(13-19-20-15(2)16(3)24-19)9-10-22(14)12-18(23)17-7-5-4-6-8-17/h4-8,14,18,23H,9-13H2,1-3H3. The molecule has 5 nitrogen and oxygen atoms in total. The number of hydrogen-bond donors (Lipinski definition) is 1. The third-order valence-corrected chi connectivity index (χ3v) is 4.87. The lowest BCUT2D eigenvalue weighted by Gasteiger charge is -2.40. The maximum atomic E-state index is 10.4. The number of aryl methyl sites for hydroxylation is 2. The molecule has 1 N–H and O–H groups in total. The van der Waals surface area contributed by atoms with Gasteiger partial charge in [0.25, 0.3) is 0 Å². The Labute approximate surface area is 143 Å². The van der Waals surface area contributed by atoms with Gasteiger partial charge in [0.1, 0.15) is 5.76 Å². The van der Waals surface area contributed by atoms with Crippen molar-refractivity contribution in [3.8, 4) is 0 Å². The van der Waals surface area contributed by atoms with Gasteiger partial charge in [-0.15, -0.1) is 0 Å². The first-order valence-corrected chi connectivity index (χ1v) is 8.65. The summed E-state index contributed by atoms with van der Waals surface area (Å²) in [6.07, 6.45) is -0.433. The Hall–Kier alpha value is -1.69. The van der Waals surface area contributed by atoms with Crippen molar-refractivity contribution in [1.82, 2.24) is 14.8 Å². The Morgan fingerprint density at radius 3 is 2.62 bits per heavy atom. The van der Waals surface area contributed by atoms with Crippen molar-refractivity contribution in [2.75, 3.05) is 26.2 Å². The highest BCUT2D eigenvalue weighted by Crippen LogP contribution is 2.19. The predicted octanol–water partition coefficient (Wildman–Crippen LogP) is 2.53. The van der Waals surface area contributed by atoms with Gasteiger partial charge in [-0.1, -0.05) is 30.3 Å². The lowest BCUT2D eigenvalue weighted by Crippen LogP contribution is -2.52. The van der Waals surface area contributed by atoms with Gasteiger partial charge in [0, 0.05) is 32.2 Å². The van der Waals surface area contributed by atoms with E-state index in [-0.39, 0.29) is 0 Å². The Bertz CT molecular complexity index is 636. The van der Waals surface area contributed by atoms with Gasteiger partial charge >= 0.3 is 0 Å². The van der Waals surface area contributed by atoms with Crippen molar-refractivity contribution in [2.24, 2.45) is 0 Å². The smallest absolute Gasteiger partial charge is 0.208 e. The van der Waals surface area contributed by atoms with E-state index in [1.165, 1.54) is 0 Å². The molecule has 0 spiro atoms. The summed E-state index contributed by atoms with van der Waals surface area (Å²) in [6, 6.07) is 10.3. The van der Waals surface area contributed by atoms with Gasteiger partial charge in [0.05, 0.1) is 18.3 Å². The molecule has 2 aromatic rings. The summed E-state index contributed by atoms with van der Waals surface area (Å²) in [5.74, 6) is 1.71. The van der Waals surface area contributed by atoms with Crippen LogP contribution in [-0.4, -0.2) is 52.1 Å². The predicted molar refractivity (Wildman–Crippen MR) is 93.7 cm³/mol. The number of nitrogens with zero attached hydrogens (tertiary/aromatic N) is 3. The van der Waals surface area contributed by atoms with Crippen LogP contribution >= 0.6 is 0 Å². The second-order valence-corrected chi connectivity index (χ2v) is 6.75. The molecule has 5 heteroatoms. The highest BCUT2D eigenvalue weighted by Gasteiger charge is 2.26. The third kappa shape index (κ3) is 4.04.